The van der Waals surface area contributed by atoms with Crippen LogP contribution in [0.3, 0.4) is 0 Å². The Morgan fingerprint density at radius 2 is 1.96 bits per heavy atom. The third-order valence-electron chi connectivity index (χ3n) is 3.22. The number of halogens is 3. The first-order chi connectivity index (χ1) is 11.8. The van der Waals surface area contributed by atoms with Crippen LogP contribution in [0.5, 0.6) is 5.75 Å². The summed E-state index contributed by atoms with van der Waals surface area (Å²) in [6, 6.07) is 7.70. The molecule has 3 aromatic rings. The zero-order chi connectivity index (χ0) is 18.2. The lowest BCUT2D eigenvalue weighted by atomic mass is 10.1. The monoisotopic (exact) mass is 367 g/mol. The van der Waals surface area contributed by atoms with Gasteiger partial charge in [0.05, 0.1) is 10.3 Å². The number of carbonyl (C=O) groups excluding carboxylic acids is 1. The number of fused-ring (bicyclic) bond motifs is 1. The van der Waals surface area contributed by atoms with Crippen molar-refractivity contribution in [3.63, 3.8) is 0 Å². The quantitative estimate of drug-likeness (QED) is 0.560. The number of alkyl halides is 3. The number of aromatic nitrogens is 1. The molecule has 0 bridgehead atoms. The van der Waals surface area contributed by atoms with E-state index in [1.807, 2.05) is 0 Å². The standard InChI is InChI=1S/C16H8F3NO4S/c17-16(18,19)14(22)11-12(21)9-4-1-5-10(13(9)24-15(11)23)25-8-3-2-6-20-7-8/h1-7,21H. The molecule has 0 saturated carbocycles. The van der Waals surface area contributed by atoms with Gasteiger partial charge in [0.1, 0.15) is 5.75 Å². The van der Waals surface area contributed by atoms with Gasteiger partial charge in [-0.2, -0.15) is 13.2 Å². The lowest BCUT2D eigenvalue weighted by molar-refractivity contribution is -0.0888. The largest absolute Gasteiger partial charge is 0.506 e. The Hall–Kier alpha value is -2.81. The molecule has 5 nitrogen and oxygen atoms in total. The summed E-state index contributed by atoms with van der Waals surface area (Å²) in [5.41, 5.74) is -3.09. The first kappa shape index (κ1) is 17.0. The van der Waals surface area contributed by atoms with Crippen LogP contribution in [0, 0.1) is 0 Å². The van der Waals surface area contributed by atoms with Crippen LogP contribution in [0.4, 0.5) is 13.2 Å². The molecular weight excluding hydrogens is 359 g/mol. The fourth-order valence-corrected chi connectivity index (χ4v) is 3.04. The molecule has 0 aliphatic carbocycles. The third-order valence-corrected chi connectivity index (χ3v) is 4.24. The smallest absolute Gasteiger partial charge is 0.455 e. The average Bonchev–Trinajstić information content (AvgIpc) is 2.56. The topological polar surface area (TPSA) is 80.4 Å². The third kappa shape index (κ3) is 3.22. The molecule has 0 radical (unpaired) electrons. The van der Waals surface area contributed by atoms with Gasteiger partial charge in [0, 0.05) is 17.3 Å². The predicted octanol–water partition coefficient (Wildman–Crippen LogP) is 3.79. The maximum atomic E-state index is 12.6. The van der Waals surface area contributed by atoms with Crippen LogP contribution >= 0.6 is 11.8 Å². The summed E-state index contributed by atoms with van der Waals surface area (Å²) in [5, 5.41) is 9.89. The normalized spacial score (nSPS) is 11.6. The molecule has 128 valence electrons. The van der Waals surface area contributed by atoms with Crippen molar-refractivity contribution < 1.29 is 27.5 Å². The van der Waals surface area contributed by atoms with Crippen molar-refractivity contribution in [2.45, 2.75) is 16.0 Å². The summed E-state index contributed by atoms with van der Waals surface area (Å²) in [5.74, 6) is -3.51. The fourth-order valence-electron chi connectivity index (χ4n) is 2.14. The molecule has 0 fully saturated rings. The Morgan fingerprint density at radius 1 is 1.20 bits per heavy atom. The number of hydrogen-bond donors (Lipinski definition) is 1. The fraction of sp³-hybridized carbons (Fsp3) is 0.0625. The molecule has 2 heterocycles. The molecule has 0 spiro atoms. The maximum absolute atomic E-state index is 12.6. The van der Waals surface area contributed by atoms with Gasteiger partial charge in [-0.3, -0.25) is 9.78 Å². The van der Waals surface area contributed by atoms with E-state index >= 15 is 0 Å². The predicted molar refractivity (Wildman–Crippen MR) is 82.9 cm³/mol. The zero-order valence-electron chi connectivity index (χ0n) is 12.2. The van der Waals surface area contributed by atoms with Crippen LogP contribution in [0.2, 0.25) is 0 Å². The van der Waals surface area contributed by atoms with E-state index in [0.29, 0.717) is 9.79 Å². The summed E-state index contributed by atoms with van der Waals surface area (Å²) < 4.78 is 42.7. The molecule has 9 heteroatoms. The highest BCUT2D eigenvalue weighted by Gasteiger charge is 2.43. The Balaban J connectivity index is 2.19. The Bertz CT molecular complexity index is 1020. The molecule has 0 amide bonds. The average molecular weight is 367 g/mol. The van der Waals surface area contributed by atoms with Crippen molar-refractivity contribution in [2.24, 2.45) is 0 Å². The Kier molecular flexibility index (Phi) is 4.25. The highest BCUT2D eigenvalue weighted by molar-refractivity contribution is 7.99. The van der Waals surface area contributed by atoms with Crippen LogP contribution in [0.15, 0.2) is 61.7 Å². The summed E-state index contributed by atoms with van der Waals surface area (Å²) in [4.78, 5) is 28.2. The molecule has 0 saturated heterocycles. The minimum Gasteiger partial charge on any atom is -0.506 e. The van der Waals surface area contributed by atoms with Crippen molar-refractivity contribution in [1.82, 2.24) is 4.98 Å². The highest BCUT2D eigenvalue weighted by Crippen LogP contribution is 2.37. The van der Waals surface area contributed by atoms with Crippen LogP contribution in [-0.4, -0.2) is 22.1 Å². The number of nitrogens with zero attached hydrogens (tertiary/aromatic N) is 1. The van der Waals surface area contributed by atoms with E-state index in [1.54, 1.807) is 30.6 Å². The van der Waals surface area contributed by atoms with Crippen molar-refractivity contribution in [3.05, 3.63) is 58.7 Å². The molecule has 2 aromatic heterocycles. The van der Waals surface area contributed by atoms with Gasteiger partial charge < -0.3 is 9.52 Å². The number of benzene rings is 1. The van der Waals surface area contributed by atoms with E-state index in [2.05, 4.69) is 4.98 Å². The molecule has 0 atom stereocenters. The molecule has 0 unspecified atom stereocenters. The summed E-state index contributed by atoms with van der Waals surface area (Å²) in [7, 11) is 0. The Morgan fingerprint density at radius 3 is 2.60 bits per heavy atom. The van der Waals surface area contributed by atoms with Gasteiger partial charge in [0.25, 0.3) is 5.78 Å². The molecule has 3 rings (SSSR count). The summed E-state index contributed by atoms with van der Waals surface area (Å²) in [6.45, 7) is 0. The maximum Gasteiger partial charge on any atom is 0.455 e. The van der Waals surface area contributed by atoms with E-state index in [-0.39, 0.29) is 11.0 Å². The van der Waals surface area contributed by atoms with E-state index < -0.39 is 28.9 Å². The Labute approximate surface area is 142 Å². The first-order valence-corrected chi connectivity index (χ1v) is 7.59. The van der Waals surface area contributed by atoms with Crippen LogP contribution < -0.4 is 5.63 Å². The molecular formula is C16H8F3NO4S. The number of rotatable bonds is 3. The zero-order valence-corrected chi connectivity index (χ0v) is 13.0. The van der Waals surface area contributed by atoms with Crippen molar-refractivity contribution in [1.29, 1.82) is 0 Å². The second kappa shape index (κ2) is 6.25. The second-order valence-electron chi connectivity index (χ2n) is 4.86. The van der Waals surface area contributed by atoms with E-state index in [9.17, 15) is 27.9 Å². The minimum atomic E-state index is -5.30. The number of para-hydroxylation sites is 1. The number of hydrogen-bond acceptors (Lipinski definition) is 6. The van der Waals surface area contributed by atoms with Crippen molar-refractivity contribution >= 4 is 28.5 Å². The van der Waals surface area contributed by atoms with E-state index in [1.165, 1.54) is 12.1 Å². The van der Waals surface area contributed by atoms with Crippen LogP contribution in [-0.2, 0) is 0 Å². The summed E-state index contributed by atoms with van der Waals surface area (Å²) in [6.07, 6.45) is -2.20. The van der Waals surface area contributed by atoms with E-state index in [4.69, 9.17) is 4.42 Å². The van der Waals surface area contributed by atoms with Crippen LogP contribution in [0.25, 0.3) is 11.0 Å². The van der Waals surface area contributed by atoms with Gasteiger partial charge in [0.2, 0.25) is 0 Å². The number of carbonyl (C=O) groups is 1. The molecule has 1 aromatic carbocycles. The summed E-state index contributed by atoms with van der Waals surface area (Å²) >= 11 is 1.14. The lowest BCUT2D eigenvalue weighted by Gasteiger charge is -2.10. The molecule has 1 N–H and O–H groups in total. The molecule has 0 aliphatic rings. The van der Waals surface area contributed by atoms with Gasteiger partial charge in [-0.05, 0) is 24.3 Å². The highest BCUT2D eigenvalue weighted by atomic mass is 32.2. The van der Waals surface area contributed by atoms with Gasteiger partial charge >= 0.3 is 11.8 Å². The van der Waals surface area contributed by atoms with Crippen molar-refractivity contribution in [2.75, 3.05) is 0 Å². The van der Waals surface area contributed by atoms with Gasteiger partial charge in [-0.25, -0.2) is 4.79 Å². The van der Waals surface area contributed by atoms with Crippen molar-refractivity contribution in [3.8, 4) is 5.75 Å². The minimum absolute atomic E-state index is 0.113. The lowest BCUT2D eigenvalue weighted by Crippen LogP contribution is -2.28. The number of pyridine rings is 1. The molecule has 25 heavy (non-hydrogen) atoms. The van der Waals surface area contributed by atoms with E-state index in [0.717, 1.165) is 11.8 Å². The van der Waals surface area contributed by atoms with Gasteiger partial charge in [-0.15, -0.1) is 0 Å². The number of ketones is 1. The van der Waals surface area contributed by atoms with Gasteiger partial charge in [-0.1, -0.05) is 17.8 Å². The number of Topliss-reactive ketones (excluding diaryl/α,β-unsaturated/α-hetero) is 1. The number of aromatic hydroxyl groups is 1. The first-order valence-electron chi connectivity index (χ1n) is 6.77. The van der Waals surface area contributed by atoms with Crippen LogP contribution in [0.1, 0.15) is 10.4 Å². The second-order valence-corrected chi connectivity index (χ2v) is 5.98. The van der Waals surface area contributed by atoms with Gasteiger partial charge in [0.15, 0.2) is 11.1 Å². The molecule has 0 aliphatic heterocycles. The SMILES string of the molecule is O=C(c1c(O)c2cccc(Sc3cccnc3)c2oc1=O)C(F)(F)F.